The molecule has 2 aromatic heterocycles. The molecule has 0 saturated carbocycles. The Kier molecular flexibility index (Phi) is 4.41. The van der Waals surface area contributed by atoms with Crippen LogP contribution in [0.4, 0.5) is 5.95 Å². The van der Waals surface area contributed by atoms with Gasteiger partial charge in [-0.2, -0.15) is 9.97 Å². The van der Waals surface area contributed by atoms with E-state index in [9.17, 15) is 0 Å². The molecular formula is C17H21N7. The van der Waals surface area contributed by atoms with Crippen molar-refractivity contribution in [3.05, 3.63) is 47.2 Å². The maximum absolute atomic E-state index is 5.91. The Morgan fingerprint density at radius 1 is 1.17 bits per heavy atom. The smallest absolute Gasteiger partial charge is 0.233 e. The Morgan fingerprint density at radius 3 is 2.67 bits per heavy atom. The van der Waals surface area contributed by atoms with Gasteiger partial charge in [0.1, 0.15) is 11.6 Å². The number of hydrogen-bond donors (Lipinski definition) is 3. The molecule has 0 atom stereocenters. The van der Waals surface area contributed by atoms with Crippen LogP contribution in [0.15, 0.2) is 29.4 Å². The quantitative estimate of drug-likeness (QED) is 0.504. The normalized spacial score (nSPS) is 11.9. The highest BCUT2D eigenvalue weighted by Crippen LogP contribution is 2.20. The van der Waals surface area contributed by atoms with Crippen LogP contribution in [-0.4, -0.2) is 32.4 Å². The Balaban J connectivity index is 1.65. The summed E-state index contributed by atoms with van der Waals surface area (Å²) in [6.45, 7) is 6.30. The molecule has 0 fully saturated rings. The summed E-state index contributed by atoms with van der Waals surface area (Å²) >= 11 is 0. The van der Waals surface area contributed by atoms with E-state index >= 15 is 0 Å². The third-order valence-corrected chi connectivity index (χ3v) is 3.69. The molecule has 7 heteroatoms. The Hall–Kier alpha value is -2.96. The molecule has 0 bridgehead atoms. The first kappa shape index (κ1) is 15.9. The fourth-order valence-electron chi connectivity index (χ4n) is 2.62. The molecule has 2 heterocycles. The Morgan fingerprint density at radius 2 is 1.92 bits per heavy atom. The van der Waals surface area contributed by atoms with Crippen molar-refractivity contribution >= 4 is 22.8 Å². The van der Waals surface area contributed by atoms with E-state index in [-0.39, 0.29) is 0 Å². The van der Waals surface area contributed by atoms with Gasteiger partial charge < -0.3 is 10.7 Å². The van der Waals surface area contributed by atoms with Gasteiger partial charge in [0.25, 0.3) is 0 Å². The second-order valence-electron chi connectivity index (χ2n) is 5.76. The lowest BCUT2D eigenvalue weighted by molar-refractivity contribution is 0.926. The number of fused-ring (bicyclic) bond motifs is 1. The fraction of sp³-hybridized carbons (Fsp3) is 0.294. The maximum atomic E-state index is 5.91. The van der Waals surface area contributed by atoms with Crippen molar-refractivity contribution in [1.29, 1.82) is 0 Å². The van der Waals surface area contributed by atoms with Crippen LogP contribution in [0.25, 0.3) is 10.9 Å². The first-order valence-corrected chi connectivity index (χ1v) is 7.84. The summed E-state index contributed by atoms with van der Waals surface area (Å²) in [5, 5.41) is 4.14. The first-order chi connectivity index (χ1) is 11.5. The van der Waals surface area contributed by atoms with E-state index in [2.05, 4.69) is 55.4 Å². The molecule has 1 aromatic carbocycles. The molecule has 0 amide bonds. The summed E-state index contributed by atoms with van der Waals surface area (Å²) < 4.78 is 0. The first-order valence-electron chi connectivity index (χ1n) is 7.84. The highest BCUT2D eigenvalue weighted by molar-refractivity contribution is 5.90. The number of guanidine groups is 1. The molecule has 0 saturated heterocycles. The van der Waals surface area contributed by atoms with Crippen LogP contribution >= 0.6 is 0 Å². The number of benzene rings is 1. The number of aromatic nitrogens is 4. The van der Waals surface area contributed by atoms with E-state index in [1.165, 1.54) is 16.5 Å². The number of aliphatic imine (C=N–C) groups is 1. The van der Waals surface area contributed by atoms with Crippen LogP contribution in [0.2, 0.25) is 0 Å². The molecular weight excluding hydrogens is 302 g/mol. The SMILES string of the molecule is Cc1ccc2[nH]cc(CCN=C(N)Nc3nc(C)nc(C)n3)c2c1. The molecule has 3 rings (SSSR count). The minimum Gasteiger partial charge on any atom is -0.370 e. The summed E-state index contributed by atoms with van der Waals surface area (Å²) in [6, 6.07) is 6.38. The van der Waals surface area contributed by atoms with Crippen LogP contribution in [0.3, 0.4) is 0 Å². The van der Waals surface area contributed by atoms with Gasteiger partial charge in [0.15, 0.2) is 5.96 Å². The molecule has 7 nitrogen and oxygen atoms in total. The summed E-state index contributed by atoms with van der Waals surface area (Å²) in [5.74, 6) is 2.01. The topological polar surface area (TPSA) is 105 Å². The van der Waals surface area contributed by atoms with Crippen molar-refractivity contribution in [2.45, 2.75) is 27.2 Å². The number of nitrogens with one attached hydrogen (secondary N) is 2. The molecule has 0 radical (unpaired) electrons. The lowest BCUT2D eigenvalue weighted by Gasteiger charge is -2.05. The van der Waals surface area contributed by atoms with Gasteiger partial charge >= 0.3 is 0 Å². The van der Waals surface area contributed by atoms with E-state index in [0.29, 0.717) is 30.1 Å². The largest absolute Gasteiger partial charge is 0.370 e. The van der Waals surface area contributed by atoms with Gasteiger partial charge in [-0.25, -0.2) is 4.98 Å². The number of nitrogens with zero attached hydrogens (tertiary/aromatic N) is 4. The molecule has 3 aromatic rings. The summed E-state index contributed by atoms with van der Waals surface area (Å²) in [4.78, 5) is 20.1. The van der Waals surface area contributed by atoms with Crippen molar-refractivity contribution in [3.63, 3.8) is 0 Å². The number of aryl methyl sites for hydroxylation is 3. The standard InChI is InChI=1S/C17H21N7/c1-10-4-5-15-14(8-10)13(9-20-15)6-7-19-16(18)24-17-22-11(2)21-12(3)23-17/h4-5,8-9,20H,6-7H2,1-3H3,(H3,18,19,21,22,23,24). The van der Waals surface area contributed by atoms with Gasteiger partial charge in [-0.15, -0.1) is 0 Å². The highest BCUT2D eigenvalue weighted by Gasteiger charge is 2.04. The van der Waals surface area contributed by atoms with E-state index in [1.54, 1.807) is 0 Å². The predicted octanol–water partition coefficient (Wildman–Crippen LogP) is 2.25. The lowest BCUT2D eigenvalue weighted by atomic mass is 10.1. The second-order valence-corrected chi connectivity index (χ2v) is 5.76. The van der Waals surface area contributed by atoms with Crippen LogP contribution in [0.1, 0.15) is 22.8 Å². The Labute approximate surface area is 140 Å². The van der Waals surface area contributed by atoms with Gasteiger partial charge in [0, 0.05) is 23.6 Å². The number of hydrogen-bond acceptors (Lipinski definition) is 4. The van der Waals surface area contributed by atoms with Crippen LogP contribution < -0.4 is 11.1 Å². The van der Waals surface area contributed by atoms with Crippen LogP contribution in [-0.2, 0) is 6.42 Å². The average Bonchev–Trinajstić information content (AvgIpc) is 2.88. The van der Waals surface area contributed by atoms with Crippen LogP contribution in [0, 0.1) is 20.8 Å². The summed E-state index contributed by atoms with van der Waals surface area (Å²) in [7, 11) is 0. The van der Waals surface area contributed by atoms with Gasteiger partial charge in [-0.3, -0.25) is 10.3 Å². The minimum absolute atomic E-state index is 0.302. The fourth-order valence-corrected chi connectivity index (χ4v) is 2.62. The zero-order valence-corrected chi connectivity index (χ0v) is 14.1. The van der Waals surface area contributed by atoms with Gasteiger partial charge in [0.2, 0.25) is 5.95 Å². The molecule has 24 heavy (non-hydrogen) atoms. The van der Waals surface area contributed by atoms with E-state index in [0.717, 1.165) is 11.9 Å². The third-order valence-electron chi connectivity index (χ3n) is 3.69. The number of nitrogens with two attached hydrogens (primary N) is 1. The third kappa shape index (κ3) is 3.68. The molecule has 0 aliphatic rings. The molecule has 124 valence electrons. The number of H-pyrrole nitrogens is 1. The Bertz CT molecular complexity index is 875. The average molecular weight is 323 g/mol. The summed E-state index contributed by atoms with van der Waals surface area (Å²) in [5.41, 5.74) is 9.53. The van der Waals surface area contributed by atoms with Crippen molar-refractivity contribution < 1.29 is 0 Å². The van der Waals surface area contributed by atoms with Gasteiger partial charge in [-0.1, -0.05) is 11.6 Å². The number of rotatable bonds is 4. The van der Waals surface area contributed by atoms with Crippen molar-refractivity contribution in [3.8, 4) is 0 Å². The predicted molar refractivity (Wildman–Crippen MR) is 96.2 cm³/mol. The molecule has 0 unspecified atom stereocenters. The van der Waals surface area contributed by atoms with E-state index < -0.39 is 0 Å². The zero-order chi connectivity index (χ0) is 17.1. The molecule has 0 aliphatic carbocycles. The second kappa shape index (κ2) is 6.66. The molecule has 4 N–H and O–H groups in total. The lowest BCUT2D eigenvalue weighted by Crippen LogP contribution is -2.25. The van der Waals surface area contributed by atoms with Crippen molar-refractivity contribution in [2.75, 3.05) is 11.9 Å². The van der Waals surface area contributed by atoms with E-state index in [1.807, 2.05) is 20.0 Å². The van der Waals surface area contributed by atoms with E-state index in [4.69, 9.17) is 5.73 Å². The zero-order valence-electron chi connectivity index (χ0n) is 14.1. The van der Waals surface area contributed by atoms with Gasteiger partial charge in [0.05, 0.1) is 0 Å². The number of anilines is 1. The maximum Gasteiger partial charge on any atom is 0.233 e. The molecule has 0 spiro atoms. The minimum atomic E-state index is 0.302. The summed E-state index contributed by atoms with van der Waals surface area (Å²) in [6.07, 6.45) is 2.84. The molecule has 0 aliphatic heterocycles. The van der Waals surface area contributed by atoms with Crippen LogP contribution in [0.5, 0.6) is 0 Å². The van der Waals surface area contributed by atoms with Gasteiger partial charge in [-0.05, 0) is 44.9 Å². The van der Waals surface area contributed by atoms with Crippen molar-refractivity contribution in [1.82, 2.24) is 19.9 Å². The number of aromatic amines is 1. The monoisotopic (exact) mass is 323 g/mol. The highest BCUT2D eigenvalue weighted by atomic mass is 15.2. The van der Waals surface area contributed by atoms with Crippen molar-refractivity contribution in [2.24, 2.45) is 10.7 Å².